The van der Waals surface area contributed by atoms with Gasteiger partial charge in [-0.1, -0.05) is 6.42 Å². The van der Waals surface area contributed by atoms with E-state index < -0.39 is 0 Å². The number of carbonyl (C=O) groups excluding carboxylic acids is 1. The number of aromatic nitrogens is 2. The lowest BCUT2D eigenvalue weighted by Gasteiger charge is -2.43. The number of phenols is 1. The number of carbonyl (C=O) groups is 1. The van der Waals surface area contributed by atoms with Crippen molar-refractivity contribution in [1.82, 2.24) is 20.8 Å². The molecule has 0 spiro atoms. The standard InChI is InChI=1S/C25H29N5O3/c1-30(18-11-16-3-2-4-17(12-18)26-16)24-8-7-20(28-29-24)19-9-14-10-23(25(32)27-15-5-6-15)33-22(14)13-21(19)31/h7-10,13,15-18,26,31H,2-6,11-12H2,1H3,(H,27,32)/t16-,17+,18-. The molecule has 3 aliphatic rings. The summed E-state index contributed by atoms with van der Waals surface area (Å²) in [7, 11) is 2.10. The average Bonchev–Trinajstić information content (AvgIpc) is 3.53. The lowest BCUT2D eigenvalue weighted by molar-refractivity contribution is 0.0925. The van der Waals surface area contributed by atoms with Gasteiger partial charge in [-0.25, -0.2) is 0 Å². The topological polar surface area (TPSA) is 104 Å². The van der Waals surface area contributed by atoms with Crippen LogP contribution in [0.2, 0.25) is 0 Å². The van der Waals surface area contributed by atoms with E-state index in [4.69, 9.17) is 4.42 Å². The van der Waals surface area contributed by atoms with Crippen LogP contribution in [0.15, 0.2) is 34.7 Å². The van der Waals surface area contributed by atoms with E-state index in [1.54, 1.807) is 12.1 Å². The summed E-state index contributed by atoms with van der Waals surface area (Å²) in [5.74, 6) is 0.923. The van der Waals surface area contributed by atoms with Crippen molar-refractivity contribution in [2.45, 2.75) is 69.1 Å². The summed E-state index contributed by atoms with van der Waals surface area (Å²) < 4.78 is 5.66. The van der Waals surface area contributed by atoms with Gasteiger partial charge in [-0.3, -0.25) is 4.79 Å². The zero-order valence-corrected chi connectivity index (χ0v) is 18.8. The van der Waals surface area contributed by atoms with Crippen LogP contribution in [-0.2, 0) is 0 Å². The van der Waals surface area contributed by atoms with Crippen LogP contribution >= 0.6 is 0 Å². The monoisotopic (exact) mass is 447 g/mol. The molecule has 1 aliphatic carbocycles. The fourth-order valence-corrected chi connectivity index (χ4v) is 5.27. The van der Waals surface area contributed by atoms with Crippen molar-refractivity contribution in [2.75, 3.05) is 11.9 Å². The predicted octanol–water partition coefficient (Wildman–Crippen LogP) is 3.60. The second-order valence-corrected chi connectivity index (χ2v) is 9.77. The van der Waals surface area contributed by atoms with Crippen LogP contribution in [0.25, 0.3) is 22.2 Å². The van der Waals surface area contributed by atoms with Gasteiger partial charge in [-0.05, 0) is 62.8 Å². The number of benzene rings is 1. The molecule has 0 radical (unpaired) electrons. The second kappa shape index (κ2) is 8.02. The van der Waals surface area contributed by atoms with E-state index in [-0.39, 0.29) is 23.5 Å². The van der Waals surface area contributed by atoms with Crippen molar-refractivity contribution in [2.24, 2.45) is 0 Å². The highest BCUT2D eigenvalue weighted by atomic mass is 16.3. The van der Waals surface area contributed by atoms with Crippen molar-refractivity contribution in [3.63, 3.8) is 0 Å². The molecule has 6 rings (SSSR count). The minimum absolute atomic E-state index is 0.0487. The fraction of sp³-hybridized carbons (Fsp3) is 0.480. The van der Waals surface area contributed by atoms with Crippen molar-refractivity contribution < 1.29 is 14.3 Å². The van der Waals surface area contributed by atoms with Gasteiger partial charge < -0.3 is 25.1 Å². The molecule has 8 heteroatoms. The maximum absolute atomic E-state index is 12.3. The second-order valence-electron chi connectivity index (χ2n) is 9.77. The quantitative estimate of drug-likeness (QED) is 0.549. The maximum Gasteiger partial charge on any atom is 0.287 e. The number of anilines is 1. The molecule has 3 fully saturated rings. The molecule has 1 aromatic carbocycles. The Hall–Kier alpha value is -3.13. The number of furan rings is 1. The molecule has 2 bridgehead atoms. The molecule has 8 nitrogen and oxygen atoms in total. The normalized spacial score (nSPS) is 24.6. The highest BCUT2D eigenvalue weighted by Crippen LogP contribution is 2.35. The van der Waals surface area contributed by atoms with E-state index in [9.17, 15) is 9.90 Å². The molecule has 1 saturated carbocycles. The number of hydrogen-bond acceptors (Lipinski definition) is 7. The zero-order chi connectivity index (χ0) is 22.5. The lowest BCUT2D eigenvalue weighted by Crippen LogP contribution is -2.54. The number of piperidine rings is 2. The maximum atomic E-state index is 12.3. The molecule has 172 valence electrons. The van der Waals surface area contributed by atoms with Gasteiger partial charge in [0.2, 0.25) is 0 Å². The Balaban J connectivity index is 1.22. The van der Waals surface area contributed by atoms with E-state index in [2.05, 4.69) is 32.8 Å². The fourth-order valence-electron chi connectivity index (χ4n) is 5.27. The highest BCUT2D eigenvalue weighted by Gasteiger charge is 2.33. The SMILES string of the molecule is CN(c1ccc(-c2cc3cc(C(=O)NC4CC4)oc3cc2O)nn1)[C@@H]1C[C@H]2CCC[C@@H](C1)N2. The summed E-state index contributed by atoms with van der Waals surface area (Å²) in [6, 6.07) is 10.8. The van der Waals surface area contributed by atoms with Gasteiger partial charge in [-0.15, -0.1) is 10.2 Å². The molecule has 3 atom stereocenters. The van der Waals surface area contributed by atoms with Gasteiger partial charge in [0.1, 0.15) is 11.3 Å². The molecule has 2 aromatic heterocycles. The van der Waals surface area contributed by atoms with Gasteiger partial charge in [0, 0.05) is 48.2 Å². The van der Waals surface area contributed by atoms with Gasteiger partial charge in [0.15, 0.2) is 11.6 Å². The third-order valence-electron chi connectivity index (χ3n) is 7.30. The summed E-state index contributed by atoms with van der Waals surface area (Å²) in [6.45, 7) is 0. The molecule has 33 heavy (non-hydrogen) atoms. The number of nitrogens with zero attached hydrogens (tertiary/aromatic N) is 3. The summed E-state index contributed by atoms with van der Waals surface area (Å²) in [5, 5.41) is 26.9. The third kappa shape index (κ3) is 4.04. The number of fused-ring (bicyclic) bond motifs is 3. The van der Waals surface area contributed by atoms with Crippen molar-refractivity contribution in [3.05, 3.63) is 36.1 Å². The minimum atomic E-state index is -0.219. The van der Waals surface area contributed by atoms with Crippen LogP contribution in [0.5, 0.6) is 5.75 Å². The molecular weight excluding hydrogens is 418 g/mol. The van der Waals surface area contributed by atoms with Crippen LogP contribution in [-0.4, -0.2) is 52.4 Å². The van der Waals surface area contributed by atoms with E-state index >= 15 is 0 Å². The Labute approximate surface area is 192 Å². The Kier molecular flexibility index (Phi) is 4.98. The first-order valence-electron chi connectivity index (χ1n) is 11.9. The Morgan fingerprint density at radius 1 is 1.12 bits per heavy atom. The van der Waals surface area contributed by atoms with Crippen molar-refractivity contribution >= 4 is 22.7 Å². The molecule has 2 saturated heterocycles. The van der Waals surface area contributed by atoms with Gasteiger partial charge in [0.05, 0.1) is 5.69 Å². The number of aromatic hydroxyl groups is 1. The molecular formula is C25H29N5O3. The average molecular weight is 448 g/mol. The van der Waals surface area contributed by atoms with Crippen LogP contribution in [0.3, 0.4) is 0 Å². The van der Waals surface area contributed by atoms with Crippen LogP contribution in [0.1, 0.15) is 55.5 Å². The summed E-state index contributed by atoms with van der Waals surface area (Å²) >= 11 is 0. The number of amides is 1. The number of hydrogen-bond donors (Lipinski definition) is 3. The van der Waals surface area contributed by atoms with Crippen LogP contribution in [0.4, 0.5) is 5.82 Å². The number of nitrogens with one attached hydrogen (secondary N) is 2. The van der Waals surface area contributed by atoms with Crippen LogP contribution in [0, 0.1) is 0 Å². The van der Waals surface area contributed by atoms with Gasteiger partial charge >= 0.3 is 0 Å². The molecule has 0 unspecified atom stereocenters. The Bertz CT molecular complexity index is 1170. The van der Waals surface area contributed by atoms with Crippen LogP contribution < -0.4 is 15.5 Å². The highest BCUT2D eigenvalue weighted by molar-refractivity contribution is 5.97. The third-order valence-corrected chi connectivity index (χ3v) is 7.30. The largest absolute Gasteiger partial charge is 0.507 e. The first kappa shape index (κ1) is 20.5. The molecule has 3 N–H and O–H groups in total. The van der Waals surface area contributed by atoms with Crippen molar-refractivity contribution in [3.8, 4) is 17.0 Å². The molecule has 2 aliphatic heterocycles. The van der Waals surface area contributed by atoms with E-state index in [1.165, 1.54) is 25.3 Å². The predicted molar refractivity (Wildman–Crippen MR) is 125 cm³/mol. The Morgan fingerprint density at radius 2 is 1.91 bits per heavy atom. The summed E-state index contributed by atoms with van der Waals surface area (Å²) in [4.78, 5) is 14.5. The molecule has 3 aromatic rings. The molecule has 4 heterocycles. The van der Waals surface area contributed by atoms with E-state index in [0.717, 1.165) is 36.9 Å². The Morgan fingerprint density at radius 3 is 2.61 bits per heavy atom. The summed E-state index contributed by atoms with van der Waals surface area (Å²) in [6.07, 6.45) is 8.12. The number of rotatable bonds is 5. The smallest absolute Gasteiger partial charge is 0.287 e. The molecule has 1 amide bonds. The minimum Gasteiger partial charge on any atom is -0.507 e. The van der Waals surface area contributed by atoms with Gasteiger partial charge in [-0.2, -0.15) is 0 Å². The first-order chi connectivity index (χ1) is 16.0. The summed E-state index contributed by atoms with van der Waals surface area (Å²) in [5.41, 5.74) is 1.62. The van der Waals surface area contributed by atoms with E-state index in [0.29, 0.717) is 35.0 Å². The lowest BCUT2D eigenvalue weighted by atomic mass is 9.83. The zero-order valence-electron chi connectivity index (χ0n) is 18.8. The van der Waals surface area contributed by atoms with E-state index in [1.807, 2.05) is 12.1 Å². The number of phenolic OH excluding ortho intramolecular Hbond substituents is 1. The first-order valence-corrected chi connectivity index (χ1v) is 11.9. The van der Waals surface area contributed by atoms with Crippen molar-refractivity contribution in [1.29, 1.82) is 0 Å². The van der Waals surface area contributed by atoms with Gasteiger partial charge in [0.25, 0.3) is 5.91 Å².